The van der Waals surface area contributed by atoms with Gasteiger partial charge in [-0.15, -0.1) is 0 Å². The van der Waals surface area contributed by atoms with E-state index in [0.717, 1.165) is 50.9 Å². The molecule has 0 aromatic rings. The van der Waals surface area contributed by atoms with Crippen molar-refractivity contribution in [2.45, 2.75) is 89.0 Å². The summed E-state index contributed by atoms with van der Waals surface area (Å²) < 4.78 is 5.72. The molecule has 2 amide bonds. The van der Waals surface area contributed by atoms with Gasteiger partial charge >= 0.3 is 0 Å². The molecule has 0 aromatic carbocycles. The van der Waals surface area contributed by atoms with Crippen LogP contribution in [0.15, 0.2) is 11.6 Å². The molecule has 0 aliphatic heterocycles. The number of rotatable bonds is 6. The van der Waals surface area contributed by atoms with E-state index >= 15 is 0 Å². The van der Waals surface area contributed by atoms with Crippen molar-refractivity contribution in [2.24, 2.45) is 5.92 Å². The third-order valence-electron chi connectivity index (χ3n) is 5.97. The second kappa shape index (κ2) is 9.00. The molecule has 26 heavy (non-hydrogen) atoms. The third kappa shape index (κ3) is 5.55. The van der Waals surface area contributed by atoms with Gasteiger partial charge in [0.15, 0.2) is 0 Å². The molecule has 3 saturated carbocycles. The molecule has 0 radical (unpaired) electrons. The van der Waals surface area contributed by atoms with Crippen LogP contribution >= 0.6 is 0 Å². The molecule has 6 nitrogen and oxygen atoms in total. The second-order valence-corrected chi connectivity index (χ2v) is 8.27. The van der Waals surface area contributed by atoms with E-state index in [-0.39, 0.29) is 36.6 Å². The summed E-state index contributed by atoms with van der Waals surface area (Å²) in [5, 5.41) is 16.0. The van der Waals surface area contributed by atoms with Gasteiger partial charge in [0.05, 0.1) is 18.2 Å². The van der Waals surface area contributed by atoms with Crippen molar-refractivity contribution in [3.05, 3.63) is 11.6 Å². The van der Waals surface area contributed by atoms with E-state index in [1.54, 1.807) is 6.08 Å². The molecule has 3 atom stereocenters. The van der Waals surface area contributed by atoms with Gasteiger partial charge in [-0.25, -0.2) is 0 Å². The summed E-state index contributed by atoms with van der Waals surface area (Å²) in [4.78, 5) is 24.1. The number of hydrogen-bond donors (Lipinski definition) is 3. The minimum absolute atomic E-state index is 0.0470. The Morgan fingerprint density at radius 1 is 1.15 bits per heavy atom. The lowest BCUT2D eigenvalue weighted by Gasteiger charge is -2.26. The number of carbonyl (C=O) groups is 2. The fourth-order valence-corrected chi connectivity index (χ4v) is 4.08. The van der Waals surface area contributed by atoms with Crippen LogP contribution in [0, 0.1) is 5.92 Å². The Morgan fingerprint density at radius 2 is 1.88 bits per heavy atom. The van der Waals surface area contributed by atoms with E-state index in [1.165, 1.54) is 5.57 Å². The van der Waals surface area contributed by atoms with Crippen molar-refractivity contribution in [2.75, 3.05) is 6.61 Å². The summed E-state index contributed by atoms with van der Waals surface area (Å²) in [5.74, 6) is 0.486. The number of amides is 2. The van der Waals surface area contributed by atoms with Crippen molar-refractivity contribution in [1.82, 2.24) is 10.6 Å². The summed E-state index contributed by atoms with van der Waals surface area (Å²) in [7, 11) is 0. The minimum Gasteiger partial charge on any atom is -0.391 e. The fourth-order valence-electron chi connectivity index (χ4n) is 4.08. The van der Waals surface area contributed by atoms with Crippen LogP contribution < -0.4 is 10.6 Å². The highest BCUT2D eigenvalue weighted by Gasteiger charge is 2.34. The van der Waals surface area contributed by atoms with Crippen molar-refractivity contribution in [3.8, 4) is 0 Å². The Hall–Kier alpha value is -1.40. The number of allylic oxidation sites excluding steroid dienone is 1. The largest absolute Gasteiger partial charge is 0.391 e. The van der Waals surface area contributed by atoms with Crippen LogP contribution in [0.3, 0.4) is 0 Å². The third-order valence-corrected chi connectivity index (χ3v) is 5.97. The zero-order valence-corrected chi connectivity index (χ0v) is 15.7. The first-order valence-corrected chi connectivity index (χ1v) is 10.1. The molecular formula is C20H32N2O4. The van der Waals surface area contributed by atoms with Crippen LogP contribution in [0.25, 0.3) is 0 Å². The molecular weight excluding hydrogens is 332 g/mol. The molecule has 3 N–H and O–H groups in total. The SMILES string of the molecule is CC1CCC(OCC(=O)N[C@@H]2C[C@@H](NC(=O)C=C3CCC3)C[C@H]2O)CC1. The summed E-state index contributed by atoms with van der Waals surface area (Å²) in [6.45, 7) is 2.30. The maximum atomic E-state index is 12.1. The van der Waals surface area contributed by atoms with E-state index in [0.29, 0.717) is 12.8 Å². The monoisotopic (exact) mass is 364 g/mol. The zero-order valence-electron chi connectivity index (χ0n) is 15.7. The predicted octanol–water partition coefficient (Wildman–Crippen LogP) is 1.82. The number of ether oxygens (including phenoxy) is 1. The molecule has 3 rings (SSSR count). The molecule has 0 bridgehead atoms. The summed E-state index contributed by atoms with van der Waals surface area (Å²) in [6, 6.07) is -0.417. The zero-order chi connectivity index (χ0) is 18.5. The van der Waals surface area contributed by atoms with Gasteiger partial charge in [-0.2, -0.15) is 0 Å². The first-order chi connectivity index (χ1) is 12.5. The number of aliphatic hydroxyl groups excluding tert-OH is 1. The van der Waals surface area contributed by atoms with Crippen LogP contribution in [0.2, 0.25) is 0 Å². The molecule has 0 saturated heterocycles. The van der Waals surface area contributed by atoms with Crippen molar-refractivity contribution in [3.63, 3.8) is 0 Å². The minimum atomic E-state index is -0.629. The summed E-state index contributed by atoms with van der Waals surface area (Å²) in [6.07, 6.45) is 9.80. The second-order valence-electron chi connectivity index (χ2n) is 8.27. The first-order valence-electron chi connectivity index (χ1n) is 10.1. The Kier molecular flexibility index (Phi) is 6.70. The quantitative estimate of drug-likeness (QED) is 0.627. The van der Waals surface area contributed by atoms with Gasteiger partial charge in [-0.05, 0) is 63.7 Å². The Morgan fingerprint density at radius 3 is 2.54 bits per heavy atom. The molecule has 6 heteroatoms. The van der Waals surface area contributed by atoms with Gasteiger partial charge in [0, 0.05) is 12.1 Å². The van der Waals surface area contributed by atoms with Crippen LogP contribution in [0.4, 0.5) is 0 Å². The first kappa shape index (κ1) is 19.4. The smallest absolute Gasteiger partial charge is 0.246 e. The van der Waals surface area contributed by atoms with Crippen molar-refractivity contribution >= 4 is 11.8 Å². The highest BCUT2D eigenvalue weighted by Crippen LogP contribution is 2.26. The molecule has 0 spiro atoms. The maximum Gasteiger partial charge on any atom is 0.246 e. The topological polar surface area (TPSA) is 87.7 Å². The lowest BCUT2D eigenvalue weighted by molar-refractivity contribution is -0.129. The molecule has 3 aliphatic rings. The van der Waals surface area contributed by atoms with Crippen molar-refractivity contribution < 1.29 is 19.4 Å². The number of nitrogens with one attached hydrogen (secondary N) is 2. The Bertz CT molecular complexity index is 534. The van der Waals surface area contributed by atoms with E-state index < -0.39 is 6.10 Å². The maximum absolute atomic E-state index is 12.1. The Balaban J connectivity index is 1.36. The standard InChI is InChI=1S/C20H32N2O4/c1-13-5-7-16(8-6-13)26-12-20(25)22-17-10-15(11-18(17)23)21-19(24)9-14-3-2-4-14/h9,13,15-18,23H,2-8,10-12H2,1H3,(H,21,24)(H,22,25)/t13?,15-,16?,17-,18-/m1/s1. The number of hydrogen-bond acceptors (Lipinski definition) is 4. The van der Waals surface area contributed by atoms with Crippen LogP contribution in [-0.4, -0.2) is 47.8 Å². The van der Waals surface area contributed by atoms with E-state index in [9.17, 15) is 14.7 Å². The van der Waals surface area contributed by atoms with E-state index in [1.807, 2.05) is 0 Å². The highest BCUT2D eigenvalue weighted by molar-refractivity contribution is 5.88. The molecule has 0 heterocycles. The summed E-state index contributed by atoms with van der Waals surface area (Å²) in [5.41, 5.74) is 1.19. The Labute approximate surface area is 155 Å². The van der Waals surface area contributed by atoms with Gasteiger partial charge in [0.25, 0.3) is 0 Å². The average Bonchev–Trinajstić information content (AvgIpc) is 2.89. The normalized spacial score (nSPS) is 34.1. The molecule has 146 valence electrons. The van der Waals surface area contributed by atoms with Gasteiger partial charge in [-0.3, -0.25) is 9.59 Å². The highest BCUT2D eigenvalue weighted by atomic mass is 16.5. The van der Waals surface area contributed by atoms with E-state index in [2.05, 4.69) is 17.6 Å². The molecule has 3 aliphatic carbocycles. The van der Waals surface area contributed by atoms with Gasteiger partial charge in [-0.1, -0.05) is 12.5 Å². The van der Waals surface area contributed by atoms with Gasteiger partial charge in [0.1, 0.15) is 6.61 Å². The lowest BCUT2D eigenvalue weighted by atomic mass is 9.89. The average molecular weight is 364 g/mol. The van der Waals surface area contributed by atoms with Crippen LogP contribution in [0.5, 0.6) is 0 Å². The van der Waals surface area contributed by atoms with Gasteiger partial charge in [0.2, 0.25) is 11.8 Å². The van der Waals surface area contributed by atoms with Gasteiger partial charge < -0.3 is 20.5 Å². The molecule has 0 unspecified atom stereocenters. The lowest BCUT2D eigenvalue weighted by Crippen LogP contribution is -2.42. The number of carbonyl (C=O) groups excluding carboxylic acids is 2. The van der Waals surface area contributed by atoms with Crippen LogP contribution in [0.1, 0.15) is 64.7 Å². The summed E-state index contributed by atoms with van der Waals surface area (Å²) >= 11 is 0. The van der Waals surface area contributed by atoms with Crippen molar-refractivity contribution in [1.29, 1.82) is 0 Å². The fraction of sp³-hybridized carbons (Fsp3) is 0.800. The number of aliphatic hydroxyl groups is 1. The molecule has 0 aromatic heterocycles. The molecule has 3 fully saturated rings. The predicted molar refractivity (Wildman–Crippen MR) is 98.4 cm³/mol. The van der Waals surface area contributed by atoms with Crippen LogP contribution in [-0.2, 0) is 14.3 Å². The van der Waals surface area contributed by atoms with E-state index in [4.69, 9.17) is 4.74 Å².